The van der Waals surface area contributed by atoms with Gasteiger partial charge >= 0.3 is 5.97 Å². The largest absolute Gasteiger partial charge is 0.455 e. The molecule has 0 saturated carbocycles. The fraction of sp³-hybridized carbons (Fsp3) is 0.300. The summed E-state index contributed by atoms with van der Waals surface area (Å²) >= 11 is 1.41. The SMILES string of the molecule is Cc1ccc(SCC(=O)OCC(=O)NCc2ccc3c(c2)OCO3)c(C)c1. The van der Waals surface area contributed by atoms with Crippen molar-refractivity contribution < 1.29 is 23.8 Å². The van der Waals surface area contributed by atoms with Crippen LogP contribution in [0, 0.1) is 13.8 Å². The third kappa shape index (κ3) is 5.40. The maximum atomic E-state index is 11.9. The van der Waals surface area contributed by atoms with Gasteiger partial charge in [0.1, 0.15) is 0 Å². The number of nitrogens with one attached hydrogen (secondary N) is 1. The minimum absolute atomic E-state index is 0.166. The number of carbonyl (C=O) groups excluding carboxylic acids is 2. The van der Waals surface area contributed by atoms with Crippen LogP contribution in [0.4, 0.5) is 0 Å². The highest BCUT2D eigenvalue weighted by Gasteiger charge is 2.14. The van der Waals surface area contributed by atoms with Crippen LogP contribution in [-0.2, 0) is 20.9 Å². The molecule has 0 atom stereocenters. The van der Waals surface area contributed by atoms with E-state index in [0.717, 1.165) is 16.0 Å². The Labute approximate surface area is 162 Å². The van der Waals surface area contributed by atoms with Crippen molar-refractivity contribution in [1.82, 2.24) is 5.32 Å². The molecule has 0 spiro atoms. The normalized spacial score (nSPS) is 11.9. The van der Waals surface area contributed by atoms with E-state index >= 15 is 0 Å². The maximum Gasteiger partial charge on any atom is 0.316 e. The van der Waals surface area contributed by atoms with Crippen LogP contribution >= 0.6 is 11.8 Å². The lowest BCUT2D eigenvalue weighted by Crippen LogP contribution is -2.28. The number of aryl methyl sites for hydroxylation is 2. The van der Waals surface area contributed by atoms with E-state index in [-0.39, 0.29) is 25.1 Å². The Morgan fingerprint density at radius 3 is 2.74 bits per heavy atom. The number of amides is 1. The monoisotopic (exact) mass is 387 g/mol. The number of thioether (sulfide) groups is 1. The highest BCUT2D eigenvalue weighted by Crippen LogP contribution is 2.32. The summed E-state index contributed by atoms with van der Waals surface area (Å²) in [7, 11) is 0. The molecule has 0 bridgehead atoms. The summed E-state index contributed by atoms with van der Waals surface area (Å²) in [5.74, 6) is 0.756. The average molecular weight is 387 g/mol. The first-order valence-electron chi connectivity index (χ1n) is 8.52. The van der Waals surface area contributed by atoms with Gasteiger partial charge in [0.05, 0.1) is 5.75 Å². The summed E-state index contributed by atoms with van der Waals surface area (Å²) < 4.78 is 15.6. The van der Waals surface area contributed by atoms with Gasteiger partial charge in [-0.3, -0.25) is 9.59 Å². The average Bonchev–Trinajstić information content (AvgIpc) is 3.11. The quantitative estimate of drug-likeness (QED) is 0.582. The van der Waals surface area contributed by atoms with Gasteiger partial charge in [-0.05, 0) is 43.2 Å². The molecule has 1 heterocycles. The smallest absolute Gasteiger partial charge is 0.316 e. The lowest BCUT2D eigenvalue weighted by atomic mass is 10.2. The van der Waals surface area contributed by atoms with Gasteiger partial charge in [0.15, 0.2) is 18.1 Å². The highest BCUT2D eigenvalue weighted by atomic mass is 32.2. The van der Waals surface area contributed by atoms with Crippen molar-refractivity contribution in [2.45, 2.75) is 25.3 Å². The molecule has 1 N–H and O–H groups in total. The third-order valence-electron chi connectivity index (χ3n) is 3.97. The Kier molecular flexibility index (Phi) is 6.24. The number of rotatable bonds is 7. The second-order valence-electron chi connectivity index (χ2n) is 6.18. The molecule has 142 valence electrons. The zero-order chi connectivity index (χ0) is 19.2. The Bertz CT molecular complexity index is 852. The van der Waals surface area contributed by atoms with Crippen molar-refractivity contribution in [2.75, 3.05) is 19.2 Å². The predicted molar refractivity (Wildman–Crippen MR) is 102 cm³/mol. The number of carbonyl (C=O) groups is 2. The molecule has 6 nitrogen and oxygen atoms in total. The Morgan fingerprint density at radius 1 is 1.11 bits per heavy atom. The van der Waals surface area contributed by atoms with Gasteiger partial charge in [-0.1, -0.05) is 23.8 Å². The summed E-state index contributed by atoms with van der Waals surface area (Å²) in [6, 6.07) is 11.5. The summed E-state index contributed by atoms with van der Waals surface area (Å²) in [5.41, 5.74) is 3.18. The molecular formula is C20H21NO5S. The number of hydrogen-bond acceptors (Lipinski definition) is 6. The zero-order valence-electron chi connectivity index (χ0n) is 15.2. The molecule has 3 rings (SSSR count). The van der Waals surface area contributed by atoms with E-state index in [4.69, 9.17) is 14.2 Å². The van der Waals surface area contributed by atoms with E-state index in [9.17, 15) is 9.59 Å². The van der Waals surface area contributed by atoms with Crippen molar-refractivity contribution in [1.29, 1.82) is 0 Å². The van der Waals surface area contributed by atoms with Gasteiger partial charge in [0.2, 0.25) is 6.79 Å². The van der Waals surface area contributed by atoms with Crippen LogP contribution in [0.2, 0.25) is 0 Å². The molecule has 0 aliphatic carbocycles. The first-order valence-corrected chi connectivity index (χ1v) is 9.51. The molecule has 0 radical (unpaired) electrons. The number of fused-ring (bicyclic) bond motifs is 1. The molecule has 2 aromatic rings. The Morgan fingerprint density at radius 2 is 1.93 bits per heavy atom. The van der Waals surface area contributed by atoms with Gasteiger partial charge in [0, 0.05) is 11.4 Å². The van der Waals surface area contributed by atoms with Crippen LogP contribution in [0.1, 0.15) is 16.7 Å². The molecule has 27 heavy (non-hydrogen) atoms. The zero-order valence-corrected chi connectivity index (χ0v) is 16.1. The highest BCUT2D eigenvalue weighted by molar-refractivity contribution is 8.00. The lowest BCUT2D eigenvalue weighted by Gasteiger charge is -2.08. The van der Waals surface area contributed by atoms with Crippen molar-refractivity contribution in [3.8, 4) is 11.5 Å². The minimum atomic E-state index is -0.418. The summed E-state index contributed by atoms with van der Waals surface area (Å²) in [4.78, 5) is 24.7. The van der Waals surface area contributed by atoms with E-state index in [1.165, 1.54) is 17.3 Å². The molecule has 0 saturated heterocycles. The summed E-state index contributed by atoms with van der Waals surface area (Å²) in [6.45, 7) is 4.27. The fourth-order valence-corrected chi connectivity index (χ4v) is 3.40. The number of benzene rings is 2. The number of hydrogen-bond donors (Lipinski definition) is 1. The molecule has 1 aliphatic rings. The second-order valence-corrected chi connectivity index (χ2v) is 7.20. The van der Waals surface area contributed by atoms with Gasteiger partial charge in [-0.15, -0.1) is 11.8 Å². The van der Waals surface area contributed by atoms with E-state index in [2.05, 4.69) is 11.4 Å². The number of esters is 1. The predicted octanol–water partition coefficient (Wildman–Crippen LogP) is 2.98. The van der Waals surface area contributed by atoms with Crippen LogP contribution in [0.25, 0.3) is 0 Å². The third-order valence-corrected chi connectivity index (χ3v) is 5.12. The van der Waals surface area contributed by atoms with Crippen LogP contribution in [-0.4, -0.2) is 31.0 Å². The van der Waals surface area contributed by atoms with E-state index in [0.29, 0.717) is 18.0 Å². The summed E-state index contributed by atoms with van der Waals surface area (Å²) in [5, 5.41) is 2.72. The molecule has 2 aromatic carbocycles. The maximum absolute atomic E-state index is 11.9. The summed E-state index contributed by atoms with van der Waals surface area (Å²) in [6.07, 6.45) is 0. The lowest BCUT2D eigenvalue weighted by molar-refractivity contribution is -0.145. The van der Waals surface area contributed by atoms with Crippen molar-refractivity contribution in [2.24, 2.45) is 0 Å². The van der Waals surface area contributed by atoms with Gasteiger partial charge in [0.25, 0.3) is 5.91 Å². The molecular weight excluding hydrogens is 366 g/mol. The van der Waals surface area contributed by atoms with Crippen LogP contribution in [0.5, 0.6) is 11.5 Å². The van der Waals surface area contributed by atoms with Gasteiger partial charge in [-0.25, -0.2) is 0 Å². The van der Waals surface area contributed by atoms with Crippen LogP contribution < -0.4 is 14.8 Å². The van der Waals surface area contributed by atoms with E-state index in [1.807, 2.05) is 38.1 Å². The topological polar surface area (TPSA) is 73.9 Å². The Balaban J connectivity index is 1.37. The van der Waals surface area contributed by atoms with Crippen molar-refractivity contribution in [3.63, 3.8) is 0 Å². The number of ether oxygens (including phenoxy) is 3. The molecule has 0 unspecified atom stereocenters. The first kappa shape index (κ1) is 19.1. The molecule has 1 amide bonds. The van der Waals surface area contributed by atoms with Crippen molar-refractivity contribution in [3.05, 3.63) is 53.1 Å². The van der Waals surface area contributed by atoms with Gasteiger partial charge < -0.3 is 19.5 Å². The van der Waals surface area contributed by atoms with E-state index in [1.54, 1.807) is 6.07 Å². The van der Waals surface area contributed by atoms with Gasteiger partial charge in [-0.2, -0.15) is 0 Å². The molecule has 7 heteroatoms. The molecule has 0 fully saturated rings. The standard InChI is InChI=1S/C20H21NO5S/c1-13-3-6-18(14(2)7-13)27-11-20(23)24-10-19(22)21-9-15-4-5-16-17(8-15)26-12-25-16/h3-8H,9-12H2,1-2H3,(H,21,22). The van der Waals surface area contributed by atoms with Crippen LogP contribution in [0.15, 0.2) is 41.3 Å². The molecule has 0 aromatic heterocycles. The van der Waals surface area contributed by atoms with Crippen LogP contribution in [0.3, 0.4) is 0 Å². The molecule has 1 aliphatic heterocycles. The van der Waals surface area contributed by atoms with E-state index < -0.39 is 5.97 Å². The first-order chi connectivity index (χ1) is 13.0. The minimum Gasteiger partial charge on any atom is -0.455 e. The Hall–Kier alpha value is -2.67. The fourth-order valence-electron chi connectivity index (χ4n) is 2.59. The second kappa shape index (κ2) is 8.81. The van der Waals surface area contributed by atoms with Crippen molar-refractivity contribution >= 4 is 23.6 Å².